The minimum atomic E-state index is -4.58. The molecule has 1 aromatic carbocycles. The van der Waals surface area contributed by atoms with Gasteiger partial charge in [-0.05, 0) is 24.1 Å². The average Bonchev–Trinajstić information content (AvgIpc) is 2.59. The maximum atomic E-state index is 12.7. The highest BCUT2D eigenvalue weighted by molar-refractivity contribution is 6.34. The fourth-order valence-corrected chi connectivity index (χ4v) is 2.66. The number of nitrogens with zero attached hydrogens (tertiary/aromatic N) is 1. The number of hydrogen-bond acceptors (Lipinski definition) is 4. The lowest BCUT2D eigenvalue weighted by Crippen LogP contribution is -2.27. The predicted octanol–water partition coefficient (Wildman–Crippen LogP) is 5.31. The summed E-state index contributed by atoms with van der Waals surface area (Å²) in [5.41, 5.74) is 1.24. The molecule has 0 unspecified atom stereocenters. The fraction of sp³-hybridized carbons (Fsp3) is 0.278. The van der Waals surface area contributed by atoms with Gasteiger partial charge in [-0.2, -0.15) is 18.7 Å². The van der Waals surface area contributed by atoms with Crippen LogP contribution in [0.1, 0.15) is 36.2 Å². The largest absolute Gasteiger partial charge is 0.417 e. The molecule has 0 aliphatic rings. The lowest BCUT2D eigenvalue weighted by Gasteiger charge is -2.11. The van der Waals surface area contributed by atoms with E-state index in [2.05, 4.69) is 9.82 Å². The number of aromatic nitrogens is 1. The maximum absolute atomic E-state index is 12.7. The van der Waals surface area contributed by atoms with Crippen molar-refractivity contribution in [2.45, 2.75) is 26.4 Å². The van der Waals surface area contributed by atoms with Crippen LogP contribution >= 0.6 is 23.2 Å². The first kappa shape index (κ1) is 22.0. The zero-order valence-corrected chi connectivity index (χ0v) is 16.2. The summed E-state index contributed by atoms with van der Waals surface area (Å²) < 4.78 is 38.2. The number of nitrogens with one attached hydrogen (secondary N) is 1. The Kier molecular flexibility index (Phi) is 6.90. The van der Waals surface area contributed by atoms with Crippen LogP contribution in [0.4, 0.5) is 13.2 Å². The fourth-order valence-electron chi connectivity index (χ4n) is 2.19. The monoisotopic (exact) mass is 434 g/mol. The summed E-state index contributed by atoms with van der Waals surface area (Å²) in [6, 6.07) is 4.84. The molecule has 1 amide bonds. The van der Waals surface area contributed by atoms with Crippen molar-refractivity contribution in [1.29, 1.82) is 0 Å². The van der Waals surface area contributed by atoms with Gasteiger partial charge < -0.3 is 4.84 Å². The summed E-state index contributed by atoms with van der Waals surface area (Å²) >= 11 is 11.9. The highest BCUT2D eigenvalue weighted by Gasteiger charge is 2.31. The van der Waals surface area contributed by atoms with E-state index < -0.39 is 23.6 Å². The molecule has 0 aliphatic carbocycles. The van der Waals surface area contributed by atoms with Crippen LogP contribution < -0.4 is 5.48 Å². The van der Waals surface area contributed by atoms with Crippen LogP contribution in [0.15, 0.2) is 30.5 Å². The number of rotatable bonds is 4. The third kappa shape index (κ3) is 5.59. The highest BCUT2D eigenvalue weighted by atomic mass is 35.5. The molecule has 1 N–H and O–H groups in total. The van der Waals surface area contributed by atoms with Gasteiger partial charge in [0.05, 0.1) is 33.3 Å². The molecule has 0 aliphatic heterocycles. The van der Waals surface area contributed by atoms with E-state index in [1.165, 1.54) is 18.2 Å². The minimum absolute atomic E-state index is 0.0391. The normalized spacial score (nSPS) is 11.4. The Morgan fingerprint density at radius 3 is 2.43 bits per heavy atom. The van der Waals surface area contributed by atoms with Gasteiger partial charge in [0.1, 0.15) is 0 Å². The molecule has 2 aromatic rings. The Balaban J connectivity index is 2.26. The van der Waals surface area contributed by atoms with E-state index in [1.54, 1.807) is 0 Å². The van der Waals surface area contributed by atoms with Crippen molar-refractivity contribution in [2.24, 2.45) is 5.92 Å². The molecular weight excluding hydrogens is 420 g/mol. The van der Waals surface area contributed by atoms with Crippen LogP contribution in [-0.4, -0.2) is 16.9 Å². The zero-order chi connectivity index (χ0) is 21.1. The summed E-state index contributed by atoms with van der Waals surface area (Å²) in [6.45, 7) is 3.62. The summed E-state index contributed by atoms with van der Waals surface area (Å²) in [5.74, 6) is -1.38. The topological polar surface area (TPSA) is 68.3 Å². The van der Waals surface area contributed by atoms with Crippen molar-refractivity contribution >= 4 is 35.1 Å². The average molecular weight is 435 g/mol. The van der Waals surface area contributed by atoms with E-state index in [0.717, 1.165) is 6.07 Å². The van der Waals surface area contributed by atoms with Crippen molar-refractivity contribution in [1.82, 2.24) is 10.5 Å². The maximum Gasteiger partial charge on any atom is 0.417 e. The van der Waals surface area contributed by atoms with E-state index in [-0.39, 0.29) is 39.2 Å². The molecule has 1 aromatic heterocycles. The second-order valence-electron chi connectivity index (χ2n) is 6.25. The molecule has 5 nitrogen and oxygen atoms in total. The van der Waals surface area contributed by atoms with Gasteiger partial charge in [0.25, 0.3) is 5.91 Å². The van der Waals surface area contributed by atoms with Gasteiger partial charge in [-0.25, -0.2) is 4.79 Å². The number of hydrogen-bond donors (Lipinski definition) is 1. The lowest BCUT2D eigenvalue weighted by molar-refractivity contribution is -0.149. The van der Waals surface area contributed by atoms with Crippen molar-refractivity contribution in [3.63, 3.8) is 0 Å². The summed E-state index contributed by atoms with van der Waals surface area (Å²) in [4.78, 5) is 32.2. The van der Waals surface area contributed by atoms with Crippen LogP contribution in [0.25, 0.3) is 11.3 Å². The Bertz CT molecular complexity index is 902. The van der Waals surface area contributed by atoms with Crippen molar-refractivity contribution in [3.05, 3.63) is 51.6 Å². The highest BCUT2D eigenvalue weighted by Crippen LogP contribution is 2.34. The lowest BCUT2D eigenvalue weighted by atomic mass is 10.1. The first-order valence-corrected chi connectivity index (χ1v) is 8.77. The molecule has 0 spiro atoms. The number of pyridine rings is 1. The molecule has 0 saturated carbocycles. The van der Waals surface area contributed by atoms with Gasteiger partial charge in [-0.3, -0.25) is 9.78 Å². The smallest absolute Gasteiger partial charge is 0.341 e. The third-order valence-corrected chi connectivity index (χ3v) is 4.10. The quantitative estimate of drug-likeness (QED) is 0.662. The van der Waals surface area contributed by atoms with E-state index in [9.17, 15) is 22.8 Å². The van der Waals surface area contributed by atoms with E-state index >= 15 is 0 Å². The Hall–Kier alpha value is -2.32. The van der Waals surface area contributed by atoms with E-state index in [0.29, 0.717) is 6.20 Å². The van der Waals surface area contributed by atoms with E-state index in [1.807, 2.05) is 19.3 Å². The van der Waals surface area contributed by atoms with Gasteiger partial charge in [-0.1, -0.05) is 43.1 Å². The number of alkyl halides is 3. The zero-order valence-electron chi connectivity index (χ0n) is 14.7. The molecule has 10 heteroatoms. The van der Waals surface area contributed by atoms with Gasteiger partial charge in [-0.15, -0.1) is 0 Å². The first-order valence-electron chi connectivity index (χ1n) is 8.01. The number of benzene rings is 1. The van der Waals surface area contributed by atoms with Crippen LogP contribution in [-0.2, 0) is 15.8 Å². The molecule has 150 valence electrons. The Morgan fingerprint density at radius 2 is 1.86 bits per heavy atom. The van der Waals surface area contributed by atoms with Crippen LogP contribution in [0.3, 0.4) is 0 Å². The molecule has 2 rings (SSSR count). The SMILES string of the molecule is CC(C)CC(=O)ONC(=O)c1cc(-c2ncc(C(F)(F)F)cc2Cl)ccc1Cl. The molecule has 1 heterocycles. The van der Waals surface area contributed by atoms with Crippen LogP contribution in [0, 0.1) is 5.92 Å². The molecule has 0 saturated heterocycles. The number of halogens is 5. The molecule has 0 atom stereocenters. The predicted molar refractivity (Wildman–Crippen MR) is 97.7 cm³/mol. The Morgan fingerprint density at radius 1 is 1.18 bits per heavy atom. The number of hydroxylamine groups is 1. The number of carbonyl (C=O) groups excluding carboxylic acids is 2. The molecule has 0 fully saturated rings. The van der Waals surface area contributed by atoms with Crippen LogP contribution in [0.2, 0.25) is 10.0 Å². The van der Waals surface area contributed by atoms with E-state index in [4.69, 9.17) is 23.2 Å². The minimum Gasteiger partial charge on any atom is -0.341 e. The van der Waals surface area contributed by atoms with Crippen LogP contribution in [0.5, 0.6) is 0 Å². The Labute approximate surface area is 168 Å². The van der Waals surface area contributed by atoms with Gasteiger partial charge in [0.2, 0.25) is 0 Å². The van der Waals surface area contributed by atoms with Crippen molar-refractivity contribution < 1.29 is 27.6 Å². The standard InChI is InChI=1S/C18H15Cl2F3N2O3/c1-9(2)5-15(26)28-25-17(27)12-6-10(3-4-13(12)19)16-14(20)7-11(8-24-16)18(21,22)23/h3-4,6-9H,5H2,1-2H3,(H,25,27). The second kappa shape index (κ2) is 8.79. The van der Waals surface area contributed by atoms with Crippen molar-refractivity contribution in [3.8, 4) is 11.3 Å². The summed E-state index contributed by atoms with van der Waals surface area (Å²) in [7, 11) is 0. The van der Waals surface area contributed by atoms with Crippen molar-refractivity contribution in [2.75, 3.05) is 0 Å². The van der Waals surface area contributed by atoms with Gasteiger partial charge in [0.15, 0.2) is 0 Å². The second-order valence-corrected chi connectivity index (χ2v) is 7.06. The summed E-state index contributed by atoms with van der Waals surface area (Å²) in [5, 5.41) is -0.198. The number of amides is 1. The molecule has 0 radical (unpaired) electrons. The number of carbonyl (C=O) groups is 2. The first-order chi connectivity index (χ1) is 13.0. The van der Waals surface area contributed by atoms with Gasteiger partial charge in [0, 0.05) is 11.8 Å². The third-order valence-electron chi connectivity index (χ3n) is 3.49. The molecular formula is C18H15Cl2F3N2O3. The van der Waals surface area contributed by atoms with Gasteiger partial charge >= 0.3 is 12.1 Å². The molecule has 0 bridgehead atoms. The molecule has 28 heavy (non-hydrogen) atoms. The summed E-state index contributed by atoms with van der Waals surface area (Å²) in [6.07, 6.45) is -3.83.